The standard InChI is InChI=1S/C14H22N2O4/c1-3-16-6-7-19-11(9-16)8-15-10(2)12-4-5-13(20-12)14(17)18/h4-5,10-11,15H,3,6-9H2,1-2H3,(H,17,18). The number of aromatic carboxylic acids is 1. The lowest BCUT2D eigenvalue weighted by atomic mass is 10.2. The fourth-order valence-electron chi connectivity index (χ4n) is 2.30. The van der Waals surface area contributed by atoms with Gasteiger partial charge in [0, 0.05) is 19.6 Å². The number of carboxylic acid groups (broad SMARTS) is 1. The van der Waals surface area contributed by atoms with Crippen LogP contribution in [-0.4, -0.2) is 54.9 Å². The summed E-state index contributed by atoms with van der Waals surface area (Å²) < 4.78 is 11.0. The summed E-state index contributed by atoms with van der Waals surface area (Å²) in [4.78, 5) is 13.1. The maximum absolute atomic E-state index is 10.8. The highest BCUT2D eigenvalue weighted by atomic mass is 16.5. The number of nitrogens with zero attached hydrogens (tertiary/aromatic N) is 1. The maximum Gasteiger partial charge on any atom is 0.371 e. The molecule has 6 nitrogen and oxygen atoms in total. The predicted molar refractivity (Wildman–Crippen MR) is 73.9 cm³/mol. The van der Waals surface area contributed by atoms with Crippen LogP contribution in [0.5, 0.6) is 0 Å². The first-order valence-corrected chi connectivity index (χ1v) is 7.00. The molecule has 2 heterocycles. The van der Waals surface area contributed by atoms with Gasteiger partial charge in [0.05, 0.1) is 18.8 Å². The van der Waals surface area contributed by atoms with Gasteiger partial charge >= 0.3 is 5.97 Å². The molecule has 112 valence electrons. The Morgan fingerprint density at radius 1 is 1.60 bits per heavy atom. The van der Waals surface area contributed by atoms with Gasteiger partial charge in [0.25, 0.3) is 0 Å². The van der Waals surface area contributed by atoms with Gasteiger partial charge in [-0.1, -0.05) is 6.92 Å². The molecule has 1 fully saturated rings. The first kappa shape index (κ1) is 15.0. The quantitative estimate of drug-likeness (QED) is 0.820. The number of ether oxygens (including phenoxy) is 1. The highest BCUT2D eigenvalue weighted by Crippen LogP contribution is 2.16. The zero-order valence-corrected chi connectivity index (χ0v) is 12.0. The third-order valence-corrected chi connectivity index (χ3v) is 3.59. The van der Waals surface area contributed by atoms with E-state index in [4.69, 9.17) is 14.3 Å². The molecule has 1 aromatic heterocycles. The van der Waals surface area contributed by atoms with E-state index in [0.717, 1.165) is 32.8 Å². The van der Waals surface area contributed by atoms with E-state index in [1.165, 1.54) is 6.07 Å². The van der Waals surface area contributed by atoms with Crippen molar-refractivity contribution in [2.24, 2.45) is 0 Å². The molecule has 0 spiro atoms. The van der Waals surface area contributed by atoms with E-state index in [9.17, 15) is 4.79 Å². The number of rotatable bonds is 6. The van der Waals surface area contributed by atoms with Gasteiger partial charge in [0.1, 0.15) is 5.76 Å². The van der Waals surface area contributed by atoms with Gasteiger partial charge in [0.2, 0.25) is 5.76 Å². The van der Waals surface area contributed by atoms with E-state index >= 15 is 0 Å². The molecule has 6 heteroatoms. The molecule has 2 N–H and O–H groups in total. The van der Waals surface area contributed by atoms with Crippen molar-refractivity contribution in [2.75, 3.05) is 32.8 Å². The number of carboxylic acids is 1. The van der Waals surface area contributed by atoms with Gasteiger partial charge in [-0.15, -0.1) is 0 Å². The van der Waals surface area contributed by atoms with E-state index in [2.05, 4.69) is 17.1 Å². The molecule has 0 aliphatic carbocycles. The summed E-state index contributed by atoms with van der Waals surface area (Å²) >= 11 is 0. The summed E-state index contributed by atoms with van der Waals surface area (Å²) in [5.74, 6) is -0.442. The normalized spacial score (nSPS) is 21.8. The second-order valence-electron chi connectivity index (χ2n) is 5.02. The topological polar surface area (TPSA) is 74.9 Å². The predicted octanol–water partition coefficient (Wildman–Crippen LogP) is 1.35. The monoisotopic (exact) mass is 282 g/mol. The lowest BCUT2D eigenvalue weighted by Gasteiger charge is -2.32. The van der Waals surface area contributed by atoms with E-state index < -0.39 is 5.97 Å². The summed E-state index contributed by atoms with van der Waals surface area (Å²) in [6, 6.07) is 3.14. The summed E-state index contributed by atoms with van der Waals surface area (Å²) in [6.07, 6.45) is 0.167. The molecular weight excluding hydrogens is 260 g/mol. The van der Waals surface area contributed by atoms with Gasteiger partial charge in [-0.05, 0) is 25.6 Å². The van der Waals surface area contributed by atoms with Crippen LogP contribution < -0.4 is 5.32 Å². The average molecular weight is 282 g/mol. The van der Waals surface area contributed by atoms with Crippen molar-refractivity contribution in [3.05, 3.63) is 23.7 Å². The lowest BCUT2D eigenvalue weighted by Crippen LogP contribution is -2.46. The Bertz CT molecular complexity index is 446. The van der Waals surface area contributed by atoms with Crippen molar-refractivity contribution in [1.82, 2.24) is 10.2 Å². The van der Waals surface area contributed by atoms with Crippen LogP contribution in [0.1, 0.15) is 36.2 Å². The molecular formula is C14H22N2O4. The summed E-state index contributed by atoms with van der Waals surface area (Å²) in [5.41, 5.74) is 0. The molecule has 0 radical (unpaired) electrons. The summed E-state index contributed by atoms with van der Waals surface area (Å²) in [6.45, 7) is 8.53. The highest BCUT2D eigenvalue weighted by molar-refractivity contribution is 5.84. The minimum atomic E-state index is -1.04. The minimum Gasteiger partial charge on any atom is -0.475 e. The van der Waals surface area contributed by atoms with Gasteiger partial charge in [-0.25, -0.2) is 4.79 Å². The van der Waals surface area contributed by atoms with Gasteiger partial charge in [-0.3, -0.25) is 4.90 Å². The van der Waals surface area contributed by atoms with Crippen LogP contribution in [0.4, 0.5) is 0 Å². The first-order chi connectivity index (χ1) is 9.60. The van der Waals surface area contributed by atoms with E-state index in [1.54, 1.807) is 6.07 Å². The minimum absolute atomic E-state index is 0.0280. The molecule has 1 aliphatic heterocycles. The van der Waals surface area contributed by atoms with E-state index in [1.807, 2.05) is 6.92 Å². The van der Waals surface area contributed by atoms with Crippen molar-refractivity contribution < 1.29 is 19.1 Å². The molecule has 20 heavy (non-hydrogen) atoms. The molecule has 2 rings (SSSR count). The van der Waals surface area contributed by atoms with E-state index in [-0.39, 0.29) is 17.9 Å². The first-order valence-electron chi connectivity index (χ1n) is 7.00. The largest absolute Gasteiger partial charge is 0.475 e. The second kappa shape index (κ2) is 6.88. The van der Waals surface area contributed by atoms with Crippen LogP contribution in [0.2, 0.25) is 0 Å². The number of carbonyl (C=O) groups is 1. The molecule has 2 unspecified atom stereocenters. The number of nitrogens with one attached hydrogen (secondary N) is 1. The molecule has 0 bridgehead atoms. The molecule has 0 aromatic carbocycles. The van der Waals surface area contributed by atoms with Gasteiger partial charge in [0.15, 0.2) is 0 Å². The number of furan rings is 1. The third-order valence-electron chi connectivity index (χ3n) is 3.59. The maximum atomic E-state index is 10.8. The molecule has 1 aliphatic rings. The zero-order valence-electron chi connectivity index (χ0n) is 12.0. The SMILES string of the molecule is CCN1CCOC(CNC(C)c2ccc(C(=O)O)o2)C1. The van der Waals surface area contributed by atoms with Crippen molar-refractivity contribution in [2.45, 2.75) is 26.0 Å². The van der Waals surface area contributed by atoms with Crippen LogP contribution in [0.25, 0.3) is 0 Å². The van der Waals surface area contributed by atoms with Crippen LogP contribution >= 0.6 is 0 Å². The number of hydrogen-bond acceptors (Lipinski definition) is 5. The summed E-state index contributed by atoms with van der Waals surface area (Å²) in [5, 5.41) is 12.2. The smallest absolute Gasteiger partial charge is 0.371 e. The lowest BCUT2D eigenvalue weighted by molar-refractivity contribution is -0.0264. The Morgan fingerprint density at radius 3 is 3.05 bits per heavy atom. The van der Waals surface area contributed by atoms with Gasteiger partial charge in [-0.2, -0.15) is 0 Å². The Labute approximate surface area is 118 Å². The average Bonchev–Trinajstić information content (AvgIpc) is 2.95. The number of hydrogen-bond donors (Lipinski definition) is 2. The van der Waals surface area contributed by atoms with Crippen LogP contribution in [0.15, 0.2) is 16.5 Å². The fourth-order valence-corrected chi connectivity index (χ4v) is 2.30. The molecule has 2 atom stereocenters. The van der Waals surface area contributed by atoms with Crippen molar-refractivity contribution in [3.8, 4) is 0 Å². The molecule has 0 saturated carbocycles. The number of morpholine rings is 1. The fraction of sp³-hybridized carbons (Fsp3) is 0.643. The Morgan fingerprint density at radius 2 is 2.40 bits per heavy atom. The molecule has 1 saturated heterocycles. The van der Waals surface area contributed by atoms with Crippen LogP contribution in [0.3, 0.4) is 0 Å². The van der Waals surface area contributed by atoms with Crippen LogP contribution in [-0.2, 0) is 4.74 Å². The van der Waals surface area contributed by atoms with E-state index in [0.29, 0.717) is 5.76 Å². The van der Waals surface area contributed by atoms with Crippen LogP contribution in [0, 0.1) is 0 Å². The van der Waals surface area contributed by atoms with Crippen molar-refractivity contribution in [3.63, 3.8) is 0 Å². The zero-order chi connectivity index (χ0) is 14.5. The Balaban J connectivity index is 1.82. The van der Waals surface area contributed by atoms with Crippen molar-refractivity contribution in [1.29, 1.82) is 0 Å². The number of likely N-dealkylation sites (N-methyl/N-ethyl adjacent to an activating group) is 1. The van der Waals surface area contributed by atoms with Gasteiger partial charge < -0.3 is 19.6 Å². The molecule has 1 aromatic rings. The van der Waals surface area contributed by atoms with Crippen molar-refractivity contribution >= 4 is 5.97 Å². The third kappa shape index (κ3) is 3.82. The highest BCUT2D eigenvalue weighted by Gasteiger charge is 2.20. The molecule has 0 amide bonds. The Kier molecular flexibility index (Phi) is 5.17. The summed E-state index contributed by atoms with van der Waals surface area (Å²) in [7, 11) is 0. The Hall–Kier alpha value is -1.37. The second-order valence-corrected chi connectivity index (χ2v) is 5.02.